The zero-order chi connectivity index (χ0) is 66.1. The van der Waals surface area contributed by atoms with Gasteiger partial charge in [-0.3, -0.25) is 9.59 Å². The molecule has 0 bridgehead atoms. The largest absolute Gasteiger partial charge is 0.545 e. The van der Waals surface area contributed by atoms with Crippen LogP contribution in [0, 0.1) is 0 Å². The topological polar surface area (TPSA) is 111 Å². The van der Waals surface area contributed by atoms with Gasteiger partial charge >= 0.3 is 11.9 Å². The van der Waals surface area contributed by atoms with Crippen molar-refractivity contribution in [3.8, 4) is 0 Å². The third-order valence-corrected chi connectivity index (χ3v) is 15.6. The molecule has 0 aliphatic rings. The van der Waals surface area contributed by atoms with Crippen LogP contribution in [0.1, 0.15) is 296 Å². The Morgan fingerprint density at radius 1 is 0.330 bits per heavy atom. The highest BCUT2D eigenvalue weighted by atomic mass is 16.7. The summed E-state index contributed by atoms with van der Waals surface area (Å²) in [5.41, 5.74) is 0. The number of carboxylic acids is 1. The summed E-state index contributed by atoms with van der Waals surface area (Å²) in [6.07, 6.45) is 101. The van der Waals surface area contributed by atoms with Gasteiger partial charge in [0, 0.05) is 12.8 Å². The minimum absolute atomic E-state index is 0.135. The average molecular weight is 1260 g/mol. The monoisotopic (exact) mass is 1260 g/mol. The fraction of sp³-hybridized carbons (Fsp3) is 0.671. The fourth-order valence-electron chi connectivity index (χ4n) is 10.0. The van der Waals surface area contributed by atoms with Crippen LogP contribution in [0.5, 0.6) is 0 Å². The lowest BCUT2D eigenvalue weighted by atomic mass is 10.0. The Balaban J connectivity index is 4.05. The van der Waals surface area contributed by atoms with Crippen LogP contribution in [0.2, 0.25) is 0 Å². The van der Waals surface area contributed by atoms with Gasteiger partial charge in [-0.05, 0) is 116 Å². The predicted octanol–water partition coefficient (Wildman–Crippen LogP) is 22.1. The Morgan fingerprint density at radius 2 is 0.593 bits per heavy atom. The van der Waals surface area contributed by atoms with Crippen LogP contribution in [0.15, 0.2) is 146 Å². The highest BCUT2D eigenvalue weighted by Crippen LogP contribution is 2.18. The second kappa shape index (κ2) is 71.0. The van der Waals surface area contributed by atoms with Gasteiger partial charge in [-0.25, -0.2) is 0 Å². The molecule has 0 aliphatic heterocycles. The summed E-state index contributed by atoms with van der Waals surface area (Å²) in [4.78, 5) is 37.5. The van der Waals surface area contributed by atoms with Crippen LogP contribution in [0.25, 0.3) is 0 Å². The highest BCUT2D eigenvalue weighted by Gasteiger charge is 2.22. The van der Waals surface area contributed by atoms with E-state index in [9.17, 15) is 19.5 Å². The van der Waals surface area contributed by atoms with Crippen LogP contribution in [-0.2, 0) is 33.3 Å². The first kappa shape index (κ1) is 86.2. The van der Waals surface area contributed by atoms with E-state index in [2.05, 4.69) is 160 Å². The molecule has 0 saturated heterocycles. The van der Waals surface area contributed by atoms with Crippen molar-refractivity contribution in [2.24, 2.45) is 0 Å². The van der Waals surface area contributed by atoms with Gasteiger partial charge in [0.25, 0.3) is 0 Å². The predicted molar refractivity (Wildman–Crippen MR) is 389 cm³/mol. The van der Waals surface area contributed by atoms with Crippen molar-refractivity contribution < 1.29 is 42.9 Å². The number of nitrogens with zero attached hydrogens (tertiary/aromatic N) is 1. The molecule has 2 unspecified atom stereocenters. The van der Waals surface area contributed by atoms with E-state index < -0.39 is 24.3 Å². The molecule has 0 rings (SSSR count). The molecular formula is C82H137NO8. The second-order valence-corrected chi connectivity index (χ2v) is 25.5. The van der Waals surface area contributed by atoms with Crippen LogP contribution in [0.4, 0.5) is 0 Å². The number of likely N-dealkylation sites (N-methyl/N-ethyl adjacent to an activating group) is 1. The normalized spacial score (nSPS) is 13.5. The molecule has 0 spiro atoms. The van der Waals surface area contributed by atoms with E-state index in [1.54, 1.807) is 0 Å². The average Bonchev–Trinajstić information content (AvgIpc) is 3.46. The van der Waals surface area contributed by atoms with Crippen molar-refractivity contribution >= 4 is 17.9 Å². The molecule has 9 heteroatoms. The van der Waals surface area contributed by atoms with Gasteiger partial charge in [-0.15, -0.1) is 0 Å². The van der Waals surface area contributed by atoms with Crippen molar-refractivity contribution in [1.29, 1.82) is 0 Å². The Kier molecular flexibility index (Phi) is 67.3. The van der Waals surface area contributed by atoms with E-state index in [0.717, 1.165) is 116 Å². The molecule has 0 heterocycles. The quantitative estimate of drug-likeness (QED) is 0.0195. The summed E-state index contributed by atoms with van der Waals surface area (Å²) >= 11 is 0. The van der Waals surface area contributed by atoms with Gasteiger partial charge in [0.15, 0.2) is 12.4 Å². The lowest BCUT2D eigenvalue weighted by Gasteiger charge is -2.26. The van der Waals surface area contributed by atoms with Gasteiger partial charge in [0.2, 0.25) is 0 Å². The van der Waals surface area contributed by atoms with Crippen LogP contribution in [-0.4, -0.2) is 82.3 Å². The number of quaternary nitrogens is 1. The zero-order valence-corrected chi connectivity index (χ0v) is 59.2. The maximum atomic E-state index is 12.9. The molecule has 0 aromatic carbocycles. The molecule has 0 aliphatic carbocycles. The van der Waals surface area contributed by atoms with Crippen LogP contribution >= 0.6 is 0 Å². The van der Waals surface area contributed by atoms with Gasteiger partial charge < -0.3 is 33.3 Å². The molecule has 0 radical (unpaired) electrons. The van der Waals surface area contributed by atoms with E-state index in [1.807, 2.05) is 21.1 Å². The lowest BCUT2D eigenvalue weighted by molar-refractivity contribution is -0.870. The summed E-state index contributed by atoms with van der Waals surface area (Å²) in [7, 11) is 5.91. The standard InChI is InChI=1S/C82H137NO8/c1-6-8-10-12-14-16-18-20-22-24-26-28-30-32-33-34-35-36-37-38-39-40-41-42-43-44-45-46-47-49-50-52-54-56-58-60-62-64-66-68-70-72-79(84)89-76-78(77-90-82(81(86)87)88-75-74-83(3,4)5)91-80(85)73-71-69-67-65-63-61-59-57-55-53-51-48-31-29-27-25-23-21-19-17-15-13-11-9-7-2/h8-11,14-17,20-23,26-29,32-33,48,51,55,57,61,63,78,82H,6-7,12-13,18-19,24-25,30-31,34-47,49-50,52-54,56,58-60,62,64-77H2,1-5H3/b10-8-,11-9-,16-14-,17-15-,22-20-,23-21-,28-26-,29-27-,33-32-,51-48-,57-55-,63-61-. The van der Waals surface area contributed by atoms with Crippen molar-refractivity contribution in [1.82, 2.24) is 0 Å². The summed E-state index contributed by atoms with van der Waals surface area (Å²) in [5, 5.41) is 11.8. The molecule has 91 heavy (non-hydrogen) atoms. The molecule has 0 amide bonds. The highest BCUT2D eigenvalue weighted by molar-refractivity contribution is 5.70. The molecule has 2 atom stereocenters. The minimum atomic E-state index is -1.64. The van der Waals surface area contributed by atoms with Crippen LogP contribution < -0.4 is 5.11 Å². The first-order valence-corrected chi connectivity index (χ1v) is 37.0. The Bertz CT molecular complexity index is 2010. The van der Waals surface area contributed by atoms with E-state index in [0.29, 0.717) is 17.4 Å². The van der Waals surface area contributed by atoms with Gasteiger partial charge in [-0.2, -0.15) is 0 Å². The molecule has 0 fully saturated rings. The number of unbranched alkanes of at least 4 members (excludes halogenated alkanes) is 28. The Morgan fingerprint density at radius 3 is 0.890 bits per heavy atom. The number of carbonyl (C=O) groups excluding carboxylic acids is 3. The smallest absolute Gasteiger partial charge is 0.306 e. The second-order valence-electron chi connectivity index (χ2n) is 25.5. The number of hydrogen-bond donors (Lipinski definition) is 0. The Hall–Kier alpha value is -4.83. The number of hydrogen-bond acceptors (Lipinski definition) is 8. The summed E-state index contributed by atoms with van der Waals surface area (Å²) < 4.78 is 22.8. The summed E-state index contributed by atoms with van der Waals surface area (Å²) in [6, 6.07) is 0. The number of carboxylic acid groups (broad SMARTS) is 1. The van der Waals surface area contributed by atoms with Crippen molar-refractivity contribution in [3.05, 3.63) is 146 Å². The minimum Gasteiger partial charge on any atom is -0.545 e. The first-order valence-electron chi connectivity index (χ1n) is 37.0. The maximum Gasteiger partial charge on any atom is 0.306 e. The molecule has 0 N–H and O–H groups in total. The number of rotatable bonds is 67. The molecule has 0 saturated carbocycles. The number of carbonyl (C=O) groups is 3. The van der Waals surface area contributed by atoms with Crippen molar-refractivity contribution in [3.63, 3.8) is 0 Å². The van der Waals surface area contributed by atoms with Gasteiger partial charge in [-0.1, -0.05) is 314 Å². The fourth-order valence-corrected chi connectivity index (χ4v) is 10.0. The third kappa shape index (κ3) is 72.5. The number of allylic oxidation sites excluding steroid dienone is 24. The molecular weight excluding hydrogens is 1130 g/mol. The number of ether oxygens (including phenoxy) is 4. The number of aliphatic carboxylic acids is 1. The van der Waals surface area contributed by atoms with E-state index in [4.69, 9.17) is 18.9 Å². The summed E-state index contributed by atoms with van der Waals surface area (Å²) in [6.45, 7) is 4.49. The van der Waals surface area contributed by atoms with E-state index in [1.165, 1.54) is 148 Å². The first-order chi connectivity index (χ1) is 44.6. The zero-order valence-electron chi connectivity index (χ0n) is 59.2. The Labute approximate surface area is 560 Å². The van der Waals surface area contributed by atoms with Crippen LogP contribution in [0.3, 0.4) is 0 Å². The lowest BCUT2D eigenvalue weighted by Crippen LogP contribution is -2.44. The van der Waals surface area contributed by atoms with Crippen molar-refractivity contribution in [2.75, 3.05) is 47.5 Å². The SMILES string of the molecule is CC/C=C\C/C=C\C/C=C\C/C=C\C/C=C\C/C=C\C/C=C\CCCCCC(=O)OC(COC(=O)CCCCCCCCCCCCCCCCCCCCCCCCCCC/C=C\C/C=C\C/C=C\C/C=C\C/C=C\CC)COC(OCC[N+](C)(C)C)C(=O)[O-]. The van der Waals surface area contributed by atoms with Gasteiger partial charge in [0.1, 0.15) is 13.2 Å². The third-order valence-electron chi connectivity index (χ3n) is 15.6. The summed E-state index contributed by atoms with van der Waals surface area (Å²) in [5.74, 6) is -2.33. The van der Waals surface area contributed by atoms with Gasteiger partial charge in [0.05, 0.1) is 40.3 Å². The van der Waals surface area contributed by atoms with E-state index >= 15 is 0 Å². The van der Waals surface area contributed by atoms with E-state index in [-0.39, 0.29) is 38.6 Å². The molecule has 9 nitrogen and oxygen atoms in total. The molecule has 0 aromatic rings. The molecule has 518 valence electrons. The van der Waals surface area contributed by atoms with Crippen molar-refractivity contribution in [2.45, 2.75) is 309 Å². The maximum absolute atomic E-state index is 12.9. The molecule has 0 aromatic heterocycles. The number of esters is 2.